The number of esters is 1. The maximum Gasteiger partial charge on any atom is 0.490 e. The van der Waals surface area contributed by atoms with E-state index in [-0.39, 0.29) is 23.5 Å². The molecule has 2 rings (SSSR count). The topological polar surface area (TPSA) is 125 Å². The van der Waals surface area contributed by atoms with Gasteiger partial charge >= 0.3 is 24.1 Å². The van der Waals surface area contributed by atoms with Crippen molar-refractivity contribution in [3.8, 4) is 0 Å². The third kappa shape index (κ3) is 9.37. The van der Waals surface area contributed by atoms with E-state index < -0.39 is 35.4 Å². The molecule has 0 aliphatic carbocycles. The normalized spacial score (nSPS) is 14.3. The molecular weight excluding hydrogens is 485 g/mol. The molecule has 3 amide bonds. The summed E-state index contributed by atoms with van der Waals surface area (Å²) in [5.74, 6) is -5.64. The molecule has 1 saturated heterocycles. The predicted octanol–water partition coefficient (Wildman–Crippen LogP) is 3.30. The van der Waals surface area contributed by atoms with Gasteiger partial charge < -0.3 is 25.4 Å². The van der Waals surface area contributed by atoms with Gasteiger partial charge in [-0.3, -0.25) is 9.59 Å². The number of nitrogens with zero attached hydrogens (tertiary/aromatic N) is 1. The molecule has 1 aromatic rings. The van der Waals surface area contributed by atoms with Crippen molar-refractivity contribution in [2.24, 2.45) is 5.92 Å². The van der Waals surface area contributed by atoms with Crippen LogP contribution in [-0.2, 0) is 19.1 Å². The molecule has 0 unspecified atom stereocenters. The van der Waals surface area contributed by atoms with Gasteiger partial charge in [0.15, 0.2) is 11.6 Å². The van der Waals surface area contributed by atoms with Crippen molar-refractivity contribution in [2.45, 2.75) is 45.3 Å². The standard InChI is InChI=1S/C19H25F2N3O4.C2HF3O2/c1-4-28-16(25)12-7-9-24(10-8-12)17(26)19(2,3)23-18(27)22-13-5-6-14(20)15(21)11-13;3-2(4,5)1(6)7/h5-6,11-12H,4,7-10H2,1-3H3,(H2,22,23,27);(H,6,7). The molecule has 9 nitrogen and oxygen atoms in total. The summed E-state index contributed by atoms with van der Waals surface area (Å²) in [7, 11) is 0. The lowest BCUT2D eigenvalue weighted by atomic mass is 9.94. The minimum atomic E-state index is -5.08. The number of ether oxygens (including phenoxy) is 1. The first kappa shape index (κ1) is 29.6. The van der Waals surface area contributed by atoms with Crippen LogP contribution in [0.15, 0.2) is 18.2 Å². The molecule has 1 aromatic carbocycles. The minimum absolute atomic E-state index is 0.0647. The zero-order chi connectivity index (χ0) is 27.0. The van der Waals surface area contributed by atoms with E-state index in [4.69, 9.17) is 14.6 Å². The Morgan fingerprint density at radius 1 is 1.09 bits per heavy atom. The maximum absolute atomic E-state index is 13.2. The average Bonchev–Trinajstić information content (AvgIpc) is 2.75. The van der Waals surface area contributed by atoms with Gasteiger partial charge in [0.2, 0.25) is 5.91 Å². The quantitative estimate of drug-likeness (QED) is 0.412. The lowest BCUT2D eigenvalue weighted by Gasteiger charge is -2.36. The van der Waals surface area contributed by atoms with E-state index in [1.165, 1.54) is 6.07 Å². The molecule has 0 spiro atoms. The Bertz CT molecular complexity index is 931. The smallest absolute Gasteiger partial charge is 0.475 e. The van der Waals surface area contributed by atoms with Crippen LogP contribution in [0.25, 0.3) is 0 Å². The predicted molar refractivity (Wildman–Crippen MR) is 112 cm³/mol. The number of carboxylic acids is 1. The summed E-state index contributed by atoms with van der Waals surface area (Å²) in [6.45, 7) is 5.95. The van der Waals surface area contributed by atoms with Crippen LogP contribution in [0.5, 0.6) is 0 Å². The number of likely N-dealkylation sites (tertiary alicyclic amines) is 1. The zero-order valence-electron chi connectivity index (χ0n) is 19.2. The Morgan fingerprint density at radius 2 is 1.63 bits per heavy atom. The molecule has 0 radical (unpaired) electrons. The molecule has 0 saturated carbocycles. The number of nitrogens with one attached hydrogen (secondary N) is 2. The van der Waals surface area contributed by atoms with Crippen LogP contribution in [-0.4, -0.2) is 65.3 Å². The number of piperidine rings is 1. The van der Waals surface area contributed by atoms with Crippen molar-refractivity contribution in [3.05, 3.63) is 29.8 Å². The third-order valence-corrected chi connectivity index (χ3v) is 4.78. The van der Waals surface area contributed by atoms with Crippen molar-refractivity contribution in [3.63, 3.8) is 0 Å². The van der Waals surface area contributed by atoms with E-state index in [0.717, 1.165) is 12.1 Å². The van der Waals surface area contributed by atoms with Crippen LogP contribution in [0.4, 0.5) is 32.4 Å². The highest BCUT2D eigenvalue weighted by Crippen LogP contribution is 2.21. The number of halogens is 5. The molecule has 0 atom stereocenters. The molecular formula is C21H26F5N3O6. The number of urea groups is 1. The van der Waals surface area contributed by atoms with Crippen molar-refractivity contribution < 1.29 is 51.0 Å². The molecule has 3 N–H and O–H groups in total. The van der Waals surface area contributed by atoms with Crippen molar-refractivity contribution in [1.29, 1.82) is 0 Å². The fraction of sp³-hybridized carbons (Fsp3) is 0.524. The summed E-state index contributed by atoms with van der Waals surface area (Å²) >= 11 is 0. The molecule has 196 valence electrons. The summed E-state index contributed by atoms with van der Waals surface area (Å²) < 4.78 is 62.9. The molecule has 1 aliphatic rings. The molecule has 35 heavy (non-hydrogen) atoms. The monoisotopic (exact) mass is 511 g/mol. The summed E-state index contributed by atoms with van der Waals surface area (Å²) in [5, 5.41) is 12.0. The van der Waals surface area contributed by atoms with Gasteiger partial charge in [-0.2, -0.15) is 13.2 Å². The first-order chi connectivity index (χ1) is 16.1. The lowest BCUT2D eigenvalue weighted by Crippen LogP contribution is -2.58. The number of anilines is 1. The Morgan fingerprint density at radius 3 is 2.09 bits per heavy atom. The average molecular weight is 511 g/mol. The highest BCUT2D eigenvalue weighted by Gasteiger charge is 2.38. The van der Waals surface area contributed by atoms with Crippen LogP contribution in [0.3, 0.4) is 0 Å². The van der Waals surface area contributed by atoms with Gasteiger partial charge in [0.25, 0.3) is 0 Å². The molecule has 1 fully saturated rings. The Hall–Kier alpha value is -3.45. The van der Waals surface area contributed by atoms with E-state index in [9.17, 15) is 36.3 Å². The van der Waals surface area contributed by atoms with Gasteiger partial charge in [-0.1, -0.05) is 0 Å². The second kappa shape index (κ2) is 12.3. The van der Waals surface area contributed by atoms with Crippen molar-refractivity contribution in [1.82, 2.24) is 10.2 Å². The number of aliphatic carboxylic acids is 1. The van der Waals surface area contributed by atoms with Crippen LogP contribution < -0.4 is 10.6 Å². The van der Waals surface area contributed by atoms with Gasteiger partial charge in [0.05, 0.1) is 12.5 Å². The van der Waals surface area contributed by atoms with Crippen molar-refractivity contribution >= 4 is 29.6 Å². The Labute approximate surface area is 197 Å². The van der Waals surface area contributed by atoms with Gasteiger partial charge in [0, 0.05) is 24.8 Å². The number of alkyl halides is 3. The fourth-order valence-electron chi connectivity index (χ4n) is 3.05. The first-order valence-electron chi connectivity index (χ1n) is 10.4. The SMILES string of the molecule is CCOC(=O)C1CCN(C(=O)C(C)(C)NC(=O)Nc2ccc(F)c(F)c2)CC1.O=C(O)C(F)(F)F. The fourth-order valence-corrected chi connectivity index (χ4v) is 3.05. The third-order valence-electron chi connectivity index (χ3n) is 4.78. The number of carboxylic acid groups (broad SMARTS) is 1. The Kier molecular flexibility index (Phi) is 10.4. The number of carbonyl (C=O) groups is 4. The highest BCUT2D eigenvalue weighted by atomic mass is 19.4. The van der Waals surface area contributed by atoms with Crippen LogP contribution in [0.2, 0.25) is 0 Å². The maximum atomic E-state index is 13.2. The number of amides is 3. The molecule has 0 aromatic heterocycles. The van der Waals surface area contributed by atoms with Gasteiger partial charge in [0.1, 0.15) is 5.54 Å². The lowest BCUT2D eigenvalue weighted by molar-refractivity contribution is -0.192. The number of hydrogen-bond donors (Lipinski definition) is 3. The summed E-state index contributed by atoms with van der Waals surface area (Å²) in [5.41, 5.74) is -1.16. The van der Waals surface area contributed by atoms with E-state index in [2.05, 4.69) is 10.6 Å². The van der Waals surface area contributed by atoms with E-state index in [1.807, 2.05) is 0 Å². The largest absolute Gasteiger partial charge is 0.490 e. The number of benzene rings is 1. The van der Waals surface area contributed by atoms with Crippen LogP contribution >= 0.6 is 0 Å². The number of carbonyl (C=O) groups excluding carboxylic acids is 3. The second-order valence-electron chi connectivity index (χ2n) is 7.95. The van der Waals surface area contributed by atoms with E-state index >= 15 is 0 Å². The summed E-state index contributed by atoms with van der Waals surface area (Å²) in [6.07, 6.45) is -4.08. The van der Waals surface area contributed by atoms with Gasteiger partial charge in [-0.05, 0) is 45.7 Å². The summed E-state index contributed by atoms with van der Waals surface area (Å²) in [4.78, 5) is 47.2. The molecule has 14 heteroatoms. The second-order valence-corrected chi connectivity index (χ2v) is 7.95. The van der Waals surface area contributed by atoms with E-state index in [1.54, 1.807) is 25.7 Å². The number of rotatable bonds is 5. The number of hydrogen-bond acceptors (Lipinski definition) is 5. The first-order valence-corrected chi connectivity index (χ1v) is 10.4. The van der Waals surface area contributed by atoms with Crippen LogP contribution in [0, 0.1) is 17.6 Å². The highest BCUT2D eigenvalue weighted by molar-refractivity contribution is 5.95. The Balaban J connectivity index is 0.000000762. The molecule has 1 heterocycles. The minimum Gasteiger partial charge on any atom is -0.475 e. The molecule has 1 aliphatic heterocycles. The van der Waals surface area contributed by atoms with Gasteiger partial charge in [-0.25, -0.2) is 18.4 Å². The van der Waals surface area contributed by atoms with Crippen molar-refractivity contribution in [2.75, 3.05) is 25.0 Å². The van der Waals surface area contributed by atoms with E-state index in [0.29, 0.717) is 32.5 Å². The molecule has 0 bridgehead atoms. The zero-order valence-corrected chi connectivity index (χ0v) is 19.2. The van der Waals surface area contributed by atoms with Crippen LogP contribution in [0.1, 0.15) is 33.6 Å². The summed E-state index contributed by atoms with van der Waals surface area (Å²) in [6, 6.07) is 2.25. The van der Waals surface area contributed by atoms with Gasteiger partial charge in [-0.15, -0.1) is 0 Å².